The highest BCUT2D eigenvalue weighted by molar-refractivity contribution is 5.98. The van der Waals surface area contributed by atoms with Gasteiger partial charge in [0.1, 0.15) is 0 Å². The molecule has 1 aliphatic rings. The van der Waals surface area contributed by atoms with Crippen LogP contribution in [0.25, 0.3) is 0 Å². The maximum atomic E-state index is 11.8. The van der Waals surface area contributed by atoms with Crippen LogP contribution in [0.1, 0.15) is 64.7 Å². The van der Waals surface area contributed by atoms with Crippen molar-refractivity contribution in [1.29, 1.82) is 0 Å². The van der Waals surface area contributed by atoms with Crippen LogP contribution in [0.4, 0.5) is 0 Å². The summed E-state index contributed by atoms with van der Waals surface area (Å²) >= 11 is 0. The van der Waals surface area contributed by atoms with Crippen molar-refractivity contribution >= 4 is 11.8 Å². The minimum absolute atomic E-state index is 0.254. The topological polar surface area (TPSA) is 54.4 Å². The maximum absolute atomic E-state index is 11.8. The van der Waals surface area contributed by atoms with E-state index in [4.69, 9.17) is 5.11 Å². The minimum atomic E-state index is -0.722. The Bertz CT molecular complexity index is 377. The first-order valence-corrected chi connectivity index (χ1v) is 7.26. The van der Waals surface area contributed by atoms with Gasteiger partial charge in [-0.05, 0) is 44.1 Å². The Morgan fingerprint density at radius 1 is 1.21 bits per heavy atom. The second-order valence-corrected chi connectivity index (χ2v) is 5.04. The Morgan fingerprint density at radius 2 is 2.00 bits per heavy atom. The van der Waals surface area contributed by atoms with E-state index in [1.807, 2.05) is 0 Å². The summed E-state index contributed by atoms with van der Waals surface area (Å²) in [6.07, 6.45) is 11.4. The van der Waals surface area contributed by atoms with E-state index in [2.05, 4.69) is 19.1 Å². The highest BCUT2D eigenvalue weighted by Crippen LogP contribution is 2.29. The van der Waals surface area contributed by atoms with E-state index in [1.54, 1.807) is 0 Å². The highest BCUT2D eigenvalue weighted by Gasteiger charge is 2.20. The first kappa shape index (κ1) is 15.7. The van der Waals surface area contributed by atoms with Crippen molar-refractivity contribution in [1.82, 2.24) is 0 Å². The second kappa shape index (κ2) is 8.68. The van der Waals surface area contributed by atoms with Gasteiger partial charge in [-0.25, -0.2) is 0 Å². The molecule has 1 N–H and O–H groups in total. The molecule has 0 saturated heterocycles. The fourth-order valence-corrected chi connectivity index (χ4v) is 2.46. The van der Waals surface area contributed by atoms with Crippen LogP contribution in [0.3, 0.4) is 0 Å². The molecule has 0 amide bonds. The summed E-state index contributed by atoms with van der Waals surface area (Å²) in [5, 5.41) is 8.56. The van der Waals surface area contributed by atoms with Gasteiger partial charge in [-0.2, -0.15) is 0 Å². The van der Waals surface area contributed by atoms with Gasteiger partial charge in [0.2, 0.25) is 0 Å². The zero-order valence-corrected chi connectivity index (χ0v) is 11.8. The first-order chi connectivity index (χ1) is 9.15. The molecule has 0 unspecified atom stereocenters. The molecule has 0 spiro atoms. The molecule has 106 valence electrons. The molecule has 0 heterocycles. The fraction of sp³-hybridized carbons (Fsp3) is 0.625. The average molecular weight is 264 g/mol. The molecule has 0 aromatic rings. The molecular weight excluding hydrogens is 240 g/mol. The summed E-state index contributed by atoms with van der Waals surface area (Å²) in [5.74, 6) is -0.415. The van der Waals surface area contributed by atoms with Crippen LogP contribution in [-0.2, 0) is 9.59 Å². The van der Waals surface area contributed by atoms with E-state index in [0.29, 0.717) is 12.2 Å². The summed E-state index contributed by atoms with van der Waals surface area (Å²) in [6, 6.07) is 0. The lowest BCUT2D eigenvalue weighted by atomic mass is 10.0. The number of allylic oxidation sites excluding steroid dienone is 4. The molecular formula is C16H24O3. The Labute approximate surface area is 115 Å². The standard InChI is InChI=1S/C16H24O3/c1-2-3-5-9-14-13(11-12-15(14)17)8-6-4-7-10-16(18)19/h3,5H,2,4,6-12H2,1H3,(H,18,19)/b5-3-. The summed E-state index contributed by atoms with van der Waals surface area (Å²) < 4.78 is 0. The summed E-state index contributed by atoms with van der Waals surface area (Å²) in [6.45, 7) is 2.09. The fourth-order valence-electron chi connectivity index (χ4n) is 2.46. The maximum Gasteiger partial charge on any atom is 0.303 e. The zero-order chi connectivity index (χ0) is 14.1. The van der Waals surface area contributed by atoms with Crippen molar-refractivity contribution < 1.29 is 14.7 Å². The third-order valence-electron chi connectivity index (χ3n) is 3.51. The van der Waals surface area contributed by atoms with Crippen molar-refractivity contribution in [3.05, 3.63) is 23.3 Å². The molecule has 19 heavy (non-hydrogen) atoms. The molecule has 0 aliphatic heterocycles. The van der Waals surface area contributed by atoms with Gasteiger partial charge in [-0.15, -0.1) is 0 Å². The second-order valence-electron chi connectivity index (χ2n) is 5.04. The van der Waals surface area contributed by atoms with Crippen molar-refractivity contribution in [2.45, 2.75) is 64.7 Å². The molecule has 0 aromatic carbocycles. The Hall–Kier alpha value is -1.38. The summed E-state index contributed by atoms with van der Waals surface area (Å²) in [5.41, 5.74) is 2.32. The van der Waals surface area contributed by atoms with E-state index >= 15 is 0 Å². The van der Waals surface area contributed by atoms with E-state index in [1.165, 1.54) is 5.57 Å². The smallest absolute Gasteiger partial charge is 0.303 e. The number of hydrogen-bond donors (Lipinski definition) is 1. The van der Waals surface area contributed by atoms with Gasteiger partial charge in [0.05, 0.1) is 0 Å². The van der Waals surface area contributed by atoms with Crippen LogP contribution in [0.2, 0.25) is 0 Å². The van der Waals surface area contributed by atoms with Gasteiger partial charge in [-0.3, -0.25) is 9.59 Å². The molecule has 1 aliphatic carbocycles. The summed E-state index contributed by atoms with van der Waals surface area (Å²) in [7, 11) is 0. The van der Waals surface area contributed by atoms with Crippen molar-refractivity contribution in [2.24, 2.45) is 0 Å². The van der Waals surface area contributed by atoms with Gasteiger partial charge in [0, 0.05) is 12.8 Å². The van der Waals surface area contributed by atoms with Gasteiger partial charge < -0.3 is 5.11 Å². The van der Waals surface area contributed by atoms with Crippen molar-refractivity contribution in [3.8, 4) is 0 Å². The SMILES string of the molecule is CC/C=C\CC1=C(CCCCCC(=O)O)CCC1=O. The molecule has 0 atom stereocenters. The van der Waals surface area contributed by atoms with Gasteiger partial charge in [0.25, 0.3) is 0 Å². The van der Waals surface area contributed by atoms with Crippen LogP contribution < -0.4 is 0 Å². The molecule has 1 rings (SSSR count). The lowest BCUT2D eigenvalue weighted by Gasteiger charge is -2.04. The van der Waals surface area contributed by atoms with E-state index in [9.17, 15) is 9.59 Å². The van der Waals surface area contributed by atoms with Gasteiger partial charge in [0.15, 0.2) is 5.78 Å². The van der Waals surface area contributed by atoms with E-state index < -0.39 is 5.97 Å². The third kappa shape index (κ3) is 5.86. The van der Waals surface area contributed by atoms with E-state index in [0.717, 1.165) is 50.5 Å². The van der Waals surface area contributed by atoms with Crippen LogP contribution >= 0.6 is 0 Å². The van der Waals surface area contributed by atoms with Crippen LogP contribution in [-0.4, -0.2) is 16.9 Å². The number of rotatable bonds is 9. The Kier molecular flexibility index (Phi) is 7.16. The number of Topliss-reactive ketones (excluding diaryl/α,β-unsaturated/α-hetero) is 1. The minimum Gasteiger partial charge on any atom is -0.481 e. The number of aliphatic carboxylic acids is 1. The summed E-state index contributed by atoms with van der Waals surface area (Å²) in [4.78, 5) is 22.2. The number of carboxylic acid groups (broad SMARTS) is 1. The van der Waals surface area contributed by atoms with Gasteiger partial charge in [-0.1, -0.05) is 31.1 Å². The normalized spacial score (nSPS) is 15.7. The predicted molar refractivity (Wildman–Crippen MR) is 76.0 cm³/mol. The van der Waals surface area contributed by atoms with Crippen LogP contribution in [0, 0.1) is 0 Å². The average Bonchev–Trinajstić information content (AvgIpc) is 2.71. The largest absolute Gasteiger partial charge is 0.481 e. The number of carbonyl (C=O) groups excluding carboxylic acids is 1. The van der Waals surface area contributed by atoms with Crippen molar-refractivity contribution in [3.63, 3.8) is 0 Å². The Balaban J connectivity index is 2.37. The molecule has 0 radical (unpaired) electrons. The van der Waals surface area contributed by atoms with Crippen LogP contribution in [0.15, 0.2) is 23.3 Å². The van der Waals surface area contributed by atoms with Crippen LogP contribution in [0.5, 0.6) is 0 Å². The number of carboxylic acids is 1. The molecule has 0 fully saturated rings. The van der Waals surface area contributed by atoms with Crippen molar-refractivity contribution in [2.75, 3.05) is 0 Å². The number of hydrogen-bond acceptors (Lipinski definition) is 2. The molecule has 3 heteroatoms. The predicted octanol–water partition coefficient (Wildman–Crippen LogP) is 4.04. The number of carbonyl (C=O) groups is 2. The highest BCUT2D eigenvalue weighted by atomic mass is 16.4. The van der Waals surface area contributed by atoms with E-state index in [-0.39, 0.29) is 6.42 Å². The third-order valence-corrected chi connectivity index (χ3v) is 3.51. The Morgan fingerprint density at radius 3 is 2.68 bits per heavy atom. The zero-order valence-electron chi connectivity index (χ0n) is 11.8. The lowest BCUT2D eigenvalue weighted by Crippen LogP contribution is -1.96. The number of unbranched alkanes of at least 4 members (excludes halogenated alkanes) is 2. The molecule has 0 bridgehead atoms. The molecule has 0 saturated carbocycles. The monoisotopic (exact) mass is 264 g/mol. The lowest BCUT2D eigenvalue weighted by molar-refractivity contribution is -0.137. The molecule has 3 nitrogen and oxygen atoms in total. The quantitative estimate of drug-likeness (QED) is 0.505. The van der Waals surface area contributed by atoms with Gasteiger partial charge >= 0.3 is 5.97 Å². The molecule has 0 aromatic heterocycles. The number of ketones is 1. The first-order valence-electron chi connectivity index (χ1n) is 7.26.